The van der Waals surface area contributed by atoms with Crippen LogP contribution in [-0.4, -0.2) is 114 Å². The first-order valence-corrected chi connectivity index (χ1v) is 24.5. The summed E-state index contributed by atoms with van der Waals surface area (Å²) in [6, 6.07) is 23.4. The summed E-state index contributed by atoms with van der Waals surface area (Å²) in [5.41, 5.74) is 2.46. The molecule has 4 aromatic carbocycles. The van der Waals surface area contributed by atoms with Crippen LogP contribution in [-0.2, 0) is 57.5 Å². The number of methoxy groups -OCH3 is 3. The van der Waals surface area contributed by atoms with E-state index in [1.165, 1.54) is 34.3 Å². The van der Waals surface area contributed by atoms with Gasteiger partial charge in [0.1, 0.15) is 32.6 Å². The van der Waals surface area contributed by atoms with Crippen LogP contribution >= 0.6 is 0 Å². The van der Waals surface area contributed by atoms with Crippen molar-refractivity contribution in [2.45, 2.75) is 81.3 Å². The third-order valence-electron chi connectivity index (χ3n) is 11.4. The maximum absolute atomic E-state index is 16.1. The molecule has 1 atom stereocenters. The van der Waals surface area contributed by atoms with E-state index in [0.29, 0.717) is 53.7 Å². The molecule has 4 heterocycles. The Balaban J connectivity index is 1.30. The number of amides is 1. The van der Waals surface area contributed by atoms with Crippen molar-refractivity contribution in [1.82, 2.24) is 43.7 Å². The molecule has 0 saturated carbocycles. The van der Waals surface area contributed by atoms with Crippen molar-refractivity contribution in [2.75, 3.05) is 45.9 Å². The van der Waals surface area contributed by atoms with Crippen LogP contribution in [0.1, 0.15) is 49.6 Å². The second-order valence-electron chi connectivity index (χ2n) is 17.3. The lowest BCUT2D eigenvalue weighted by Gasteiger charge is -2.33. The van der Waals surface area contributed by atoms with E-state index < -0.39 is 47.6 Å². The Morgan fingerprint density at radius 2 is 1.39 bits per heavy atom. The molecular weight excluding hydrogens is 901 g/mol. The number of carbonyl (C=O) groups excluding carboxylic acids is 1. The van der Waals surface area contributed by atoms with Crippen LogP contribution in [0.2, 0.25) is 0 Å². The number of benzene rings is 4. The zero-order valence-electron chi connectivity index (χ0n) is 38.2. The Bertz CT molecular complexity index is 2870. The minimum Gasteiger partial charge on any atom is -0.497 e. The van der Waals surface area contributed by atoms with E-state index in [2.05, 4.69) is 20.0 Å². The normalized spacial score (nSPS) is 15.4. The van der Waals surface area contributed by atoms with Gasteiger partial charge in [-0.05, 0) is 97.6 Å². The fourth-order valence-electron chi connectivity index (χ4n) is 8.05. The highest BCUT2D eigenvalue weighted by Crippen LogP contribution is 2.42. The number of carbonyl (C=O) groups is 1. The maximum atomic E-state index is 16.1. The summed E-state index contributed by atoms with van der Waals surface area (Å²) >= 11 is 0. The average molecular weight is 955 g/mol. The summed E-state index contributed by atoms with van der Waals surface area (Å²) < 4.78 is 90.1. The topological polar surface area (TPSA) is 205 Å². The smallest absolute Gasteiger partial charge is 0.410 e. The minimum atomic E-state index is -4.88. The molecule has 2 aliphatic heterocycles. The van der Waals surface area contributed by atoms with E-state index in [4.69, 9.17) is 24.0 Å². The zero-order chi connectivity index (χ0) is 47.5. The van der Waals surface area contributed by atoms with Crippen molar-refractivity contribution >= 4 is 31.8 Å². The van der Waals surface area contributed by atoms with Gasteiger partial charge in [-0.15, -0.1) is 10.2 Å². The van der Waals surface area contributed by atoms with E-state index in [1.54, 1.807) is 107 Å². The molecule has 0 unspecified atom stereocenters. The number of aromatic nitrogens is 6. The van der Waals surface area contributed by atoms with Crippen LogP contribution in [0.25, 0.3) is 11.4 Å². The van der Waals surface area contributed by atoms with Gasteiger partial charge < -0.3 is 33.3 Å². The van der Waals surface area contributed by atoms with Gasteiger partial charge in [-0.25, -0.2) is 31.3 Å². The predicted octanol–water partition coefficient (Wildman–Crippen LogP) is 5.31. The van der Waals surface area contributed by atoms with E-state index in [-0.39, 0.29) is 50.5 Å². The molecule has 2 aromatic heterocycles. The largest absolute Gasteiger partial charge is 0.497 e. The quantitative estimate of drug-likeness (QED) is 0.131. The van der Waals surface area contributed by atoms with Crippen LogP contribution in [0.5, 0.6) is 17.2 Å². The SMILES string of the molecule is COc1ccc(CN(Cc2ccc(OC)cc2)S(=O)(=O)c2c(S(=O)(=O)N[C@@H]3CCN(C(=O)OC(C)(C)C)C3)ccc(N3CCn4cncc4C3)c2-c2nnn(Cc3ccc(OC)cc3)n2)cc1. The van der Waals surface area contributed by atoms with Crippen LogP contribution in [0.3, 0.4) is 0 Å². The molecule has 0 spiro atoms. The van der Waals surface area contributed by atoms with Gasteiger partial charge in [-0.1, -0.05) is 36.4 Å². The van der Waals surface area contributed by atoms with Crippen LogP contribution in [0.15, 0.2) is 107 Å². The number of hydrogen-bond donors (Lipinski definition) is 1. The molecule has 8 rings (SSSR count). The average Bonchev–Trinajstić information content (AvgIpc) is 4.10. The summed E-state index contributed by atoms with van der Waals surface area (Å²) in [6.07, 6.45) is 3.15. The molecule has 19 nitrogen and oxygen atoms in total. The highest BCUT2D eigenvalue weighted by Gasteiger charge is 2.41. The van der Waals surface area contributed by atoms with E-state index in [9.17, 15) is 4.79 Å². The fraction of sp³-hybridized carbons (Fsp3) is 0.370. The number of nitrogens with one attached hydrogen (secondary N) is 1. The zero-order valence-corrected chi connectivity index (χ0v) is 39.8. The molecule has 1 N–H and O–H groups in total. The Kier molecular flexibility index (Phi) is 13.6. The third-order valence-corrected chi connectivity index (χ3v) is 15.0. The van der Waals surface area contributed by atoms with E-state index in [0.717, 1.165) is 11.3 Å². The molecule has 6 aromatic rings. The molecule has 67 heavy (non-hydrogen) atoms. The number of imidazole rings is 1. The lowest BCUT2D eigenvalue weighted by atomic mass is 10.1. The van der Waals surface area contributed by atoms with Gasteiger partial charge in [0.05, 0.1) is 52.0 Å². The standard InChI is InChI=1S/C46H54N10O9S2/c1-46(2,3)65-45(57)53-22-21-35(29-53)50-66(58,59)41-20-19-40(52-23-24-54-31-47-25-36(54)30-52)42(44-48-51-56(49-44)28-34-11-17-39(64-6)18-12-34)43(41)67(60,61)55(26-32-7-13-37(62-4)14-8-32)27-33-9-15-38(63-5)16-10-33/h7-20,25,31,35,50H,21-24,26-30H2,1-6H3/t35-/m1/s1. The number of anilines is 1. The molecule has 0 aliphatic carbocycles. The van der Waals surface area contributed by atoms with Crippen molar-refractivity contribution < 1.29 is 40.6 Å². The van der Waals surface area contributed by atoms with Crippen molar-refractivity contribution in [1.29, 1.82) is 0 Å². The Hall–Kier alpha value is -6.55. The Labute approximate surface area is 390 Å². The molecule has 0 radical (unpaired) electrons. The molecule has 21 heteroatoms. The van der Waals surface area contributed by atoms with Crippen molar-refractivity contribution in [3.8, 4) is 28.6 Å². The van der Waals surface area contributed by atoms with Gasteiger partial charge in [-0.3, -0.25) is 0 Å². The summed E-state index contributed by atoms with van der Waals surface area (Å²) in [7, 11) is -4.92. The number of rotatable bonds is 16. The molecule has 0 bridgehead atoms. The van der Waals surface area contributed by atoms with Crippen LogP contribution < -0.4 is 23.8 Å². The fourth-order valence-corrected chi connectivity index (χ4v) is 11.7. The highest BCUT2D eigenvalue weighted by atomic mass is 32.2. The van der Waals surface area contributed by atoms with Gasteiger partial charge in [0.2, 0.25) is 25.9 Å². The number of fused-ring (bicyclic) bond motifs is 1. The van der Waals surface area contributed by atoms with Crippen LogP contribution in [0, 0.1) is 0 Å². The first-order valence-electron chi connectivity index (χ1n) is 21.6. The molecule has 1 amide bonds. The lowest BCUT2D eigenvalue weighted by molar-refractivity contribution is 0.0292. The van der Waals surface area contributed by atoms with Crippen molar-refractivity contribution in [3.63, 3.8) is 0 Å². The number of ether oxygens (including phenoxy) is 4. The summed E-state index contributed by atoms with van der Waals surface area (Å²) in [6.45, 7) is 6.58. The highest BCUT2D eigenvalue weighted by molar-refractivity contribution is 7.92. The maximum Gasteiger partial charge on any atom is 0.410 e. The van der Waals surface area contributed by atoms with Gasteiger partial charge in [0, 0.05) is 57.2 Å². The van der Waals surface area contributed by atoms with Crippen molar-refractivity contribution in [2.24, 2.45) is 0 Å². The van der Waals surface area contributed by atoms with E-state index >= 15 is 16.8 Å². The van der Waals surface area contributed by atoms with Gasteiger partial charge >= 0.3 is 6.09 Å². The minimum absolute atomic E-state index is 0.00489. The van der Waals surface area contributed by atoms with Gasteiger partial charge in [-0.2, -0.15) is 9.10 Å². The van der Waals surface area contributed by atoms with Crippen LogP contribution in [0.4, 0.5) is 10.5 Å². The first kappa shape index (κ1) is 47.0. The van der Waals surface area contributed by atoms with Gasteiger partial charge in [0.15, 0.2) is 0 Å². The number of nitrogens with zero attached hydrogens (tertiary/aromatic N) is 9. The Morgan fingerprint density at radius 1 is 0.791 bits per heavy atom. The van der Waals surface area contributed by atoms with E-state index in [1.807, 2.05) is 21.6 Å². The molecular formula is C46H54N10O9S2. The second-order valence-corrected chi connectivity index (χ2v) is 20.8. The summed E-state index contributed by atoms with van der Waals surface area (Å²) in [4.78, 5) is 21.1. The lowest BCUT2D eigenvalue weighted by Crippen LogP contribution is -2.41. The Morgan fingerprint density at radius 3 is 1.97 bits per heavy atom. The molecule has 2 aliphatic rings. The summed E-state index contributed by atoms with van der Waals surface area (Å²) in [5.74, 6) is 1.70. The second kappa shape index (κ2) is 19.4. The number of hydrogen-bond acceptors (Lipinski definition) is 14. The monoisotopic (exact) mass is 954 g/mol. The van der Waals surface area contributed by atoms with Gasteiger partial charge in [0.25, 0.3) is 0 Å². The number of likely N-dealkylation sites (tertiary alicyclic amines) is 1. The molecule has 1 fully saturated rings. The number of tetrazole rings is 1. The number of sulfonamides is 2. The third kappa shape index (κ3) is 10.7. The first-order chi connectivity index (χ1) is 32.0. The molecule has 1 saturated heterocycles. The predicted molar refractivity (Wildman–Crippen MR) is 248 cm³/mol. The van der Waals surface area contributed by atoms with Crippen molar-refractivity contribution in [3.05, 3.63) is 120 Å². The molecule has 354 valence electrons. The summed E-state index contributed by atoms with van der Waals surface area (Å²) in [5, 5.41) is 13.6.